The van der Waals surface area contributed by atoms with Crippen LogP contribution < -0.4 is 0 Å². The van der Waals surface area contributed by atoms with Gasteiger partial charge in [-0.1, -0.05) is 19.8 Å². The Kier molecular flexibility index (Phi) is 8.86. The third-order valence-corrected chi connectivity index (χ3v) is 3.52. The number of carbonyl (C=O) groups is 1. The molecule has 0 aliphatic carbocycles. The van der Waals surface area contributed by atoms with E-state index >= 15 is 0 Å². The number of hydrogen-bond acceptors (Lipinski definition) is 2. The number of aliphatic carboxylic acids is 1. The maximum Gasteiger partial charge on any atom is 0.316 e. The normalized spacial score (nSPS) is 14.9. The van der Waals surface area contributed by atoms with E-state index in [-0.39, 0.29) is 5.25 Å². The number of carboxylic acid groups (broad SMARTS) is 1. The lowest BCUT2D eigenvalue weighted by molar-refractivity contribution is -0.136. The topological polar surface area (TPSA) is 37.3 Å². The monoisotopic (exact) mass is 236 g/mol. The largest absolute Gasteiger partial charge is 0.480 e. The number of alkyl halides is 1. The number of hydrogen-bond donors (Lipinski definition) is 1. The van der Waals surface area contributed by atoms with Crippen LogP contribution in [0.2, 0.25) is 0 Å². The van der Waals surface area contributed by atoms with E-state index < -0.39 is 12.1 Å². The van der Waals surface area contributed by atoms with Crippen LogP contribution in [-0.2, 0) is 4.79 Å². The fourth-order valence-electron chi connectivity index (χ4n) is 1.26. The Labute approximate surface area is 95.6 Å². The smallest absolute Gasteiger partial charge is 0.316 e. The third kappa shape index (κ3) is 8.73. The molecule has 0 aromatic heterocycles. The molecule has 0 amide bonds. The van der Waals surface area contributed by atoms with E-state index in [2.05, 4.69) is 0 Å². The molecule has 0 saturated heterocycles. The van der Waals surface area contributed by atoms with Gasteiger partial charge in [0.25, 0.3) is 0 Å². The lowest BCUT2D eigenvalue weighted by Gasteiger charge is -2.11. The molecule has 0 radical (unpaired) electrons. The molecule has 0 heterocycles. The highest BCUT2D eigenvalue weighted by atomic mass is 32.2. The SMILES string of the molecule is CCCCC(SCCCC(C)F)C(=O)O. The first-order valence-corrected chi connectivity index (χ1v) is 6.61. The van der Waals surface area contributed by atoms with Crippen molar-refractivity contribution in [2.75, 3.05) is 5.75 Å². The molecule has 0 aliphatic rings. The van der Waals surface area contributed by atoms with Crippen LogP contribution in [0.4, 0.5) is 4.39 Å². The van der Waals surface area contributed by atoms with E-state index in [9.17, 15) is 9.18 Å². The number of carboxylic acids is 1. The van der Waals surface area contributed by atoms with E-state index in [1.54, 1.807) is 0 Å². The van der Waals surface area contributed by atoms with Crippen LogP contribution in [0.3, 0.4) is 0 Å². The minimum Gasteiger partial charge on any atom is -0.480 e. The van der Waals surface area contributed by atoms with Crippen molar-refractivity contribution in [3.05, 3.63) is 0 Å². The predicted molar refractivity (Wildman–Crippen MR) is 63.2 cm³/mol. The molecule has 0 rings (SSSR count). The zero-order chi connectivity index (χ0) is 11.7. The van der Waals surface area contributed by atoms with Crippen LogP contribution in [0, 0.1) is 0 Å². The first kappa shape index (κ1) is 14.8. The van der Waals surface area contributed by atoms with Crippen LogP contribution in [0.1, 0.15) is 46.0 Å². The molecule has 0 spiro atoms. The summed E-state index contributed by atoms with van der Waals surface area (Å²) < 4.78 is 12.5. The molecule has 90 valence electrons. The summed E-state index contributed by atoms with van der Waals surface area (Å²) >= 11 is 1.45. The molecule has 4 heteroatoms. The maximum absolute atomic E-state index is 12.5. The van der Waals surface area contributed by atoms with Crippen molar-refractivity contribution < 1.29 is 14.3 Å². The van der Waals surface area contributed by atoms with Gasteiger partial charge < -0.3 is 5.11 Å². The van der Waals surface area contributed by atoms with Crippen molar-refractivity contribution in [1.82, 2.24) is 0 Å². The zero-order valence-corrected chi connectivity index (χ0v) is 10.4. The molecule has 2 nitrogen and oxygen atoms in total. The molecule has 0 aliphatic heterocycles. The van der Waals surface area contributed by atoms with Crippen molar-refractivity contribution in [3.8, 4) is 0 Å². The molecule has 2 unspecified atom stereocenters. The van der Waals surface area contributed by atoms with Crippen molar-refractivity contribution in [3.63, 3.8) is 0 Å². The summed E-state index contributed by atoms with van der Waals surface area (Å²) in [6.07, 6.45) is 3.21. The summed E-state index contributed by atoms with van der Waals surface area (Å²) in [5.74, 6) is 0.0105. The molecule has 0 aromatic carbocycles. The fraction of sp³-hybridized carbons (Fsp3) is 0.909. The van der Waals surface area contributed by atoms with Gasteiger partial charge in [0.15, 0.2) is 0 Å². The Balaban J connectivity index is 3.62. The van der Waals surface area contributed by atoms with Gasteiger partial charge in [-0.25, -0.2) is 4.39 Å². The molecule has 0 aromatic rings. The summed E-state index contributed by atoms with van der Waals surface area (Å²) in [6.45, 7) is 3.59. The van der Waals surface area contributed by atoms with Crippen molar-refractivity contribution in [2.45, 2.75) is 57.4 Å². The highest BCUT2D eigenvalue weighted by molar-refractivity contribution is 8.00. The summed E-state index contributed by atoms with van der Waals surface area (Å²) in [5, 5.41) is 8.61. The summed E-state index contributed by atoms with van der Waals surface area (Å²) in [4.78, 5) is 10.8. The van der Waals surface area contributed by atoms with Crippen LogP contribution >= 0.6 is 11.8 Å². The van der Waals surface area contributed by atoms with Gasteiger partial charge in [0.1, 0.15) is 5.25 Å². The molecule has 0 saturated carbocycles. The first-order chi connectivity index (χ1) is 7.07. The maximum atomic E-state index is 12.5. The summed E-state index contributed by atoms with van der Waals surface area (Å²) in [7, 11) is 0. The van der Waals surface area contributed by atoms with Gasteiger partial charge in [-0.05, 0) is 31.9 Å². The van der Waals surface area contributed by atoms with Crippen molar-refractivity contribution in [2.24, 2.45) is 0 Å². The fourth-order valence-corrected chi connectivity index (χ4v) is 2.35. The predicted octanol–water partition coefficient (Wildman–Crippen LogP) is 3.50. The Morgan fingerprint density at radius 3 is 2.53 bits per heavy atom. The van der Waals surface area contributed by atoms with Crippen LogP contribution in [0.25, 0.3) is 0 Å². The minimum atomic E-state index is -0.774. The van der Waals surface area contributed by atoms with E-state index in [1.807, 2.05) is 6.92 Å². The van der Waals surface area contributed by atoms with E-state index in [0.29, 0.717) is 6.42 Å². The van der Waals surface area contributed by atoms with Gasteiger partial charge in [0.05, 0.1) is 6.17 Å². The second-order valence-corrected chi connectivity index (χ2v) is 5.07. The van der Waals surface area contributed by atoms with Crippen molar-refractivity contribution >= 4 is 17.7 Å². The summed E-state index contributed by atoms with van der Waals surface area (Å²) in [5.41, 5.74) is 0. The van der Waals surface area contributed by atoms with Gasteiger partial charge >= 0.3 is 5.97 Å². The quantitative estimate of drug-likeness (QED) is 0.622. The Hall–Kier alpha value is -0.250. The minimum absolute atomic E-state index is 0.306. The molecular weight excluding hydrogens is 215 g/mol. The van der Waals surface area contributed by atoms with Crippen molar-refractivity contribution in [1.29, 1.82) is 0 Å². The van der Waals surface area contributed by atoms with E-state index in [1.165, 1.54) is 18.7 Å². The zero-order valence-electron chi connectivity index (χ0n) is 9.54. The van der Waals surface area contributed by atoms with Crippen LogP contribution in [0.5, 0.6) is 0 Å². The number of unbranched alkanes of at least 4 members (excludes halogenated alkanes) is 1. The van der Waals surface area contributed by atoms with Crippen LogP contribution in [0.15, 0.2) is 0 Å². The molecule has 15 heavy (non-hydrogen) atoms. The first-order valence-electron chi connectivity index (χ1n) is 5.56. The summed E-state index contributed by atoms with van der Waals surface area (Å²) in [6, 6.07) is 0. The van der Waals surface area contributed by atoms with Gasteiger partial charge in [-0.3, -0.25) is 4.79 Å². The van der Waals surface area contributed by atoms with Crippen LogP contribution in [-0.4, -0.2) is 28.3 Å². The Morgan fingerprint density at radius 1 is 1.40 bits per heavy atom. The van der Waals surface area contributed by atoms with Gasteiger partial charge in [-0.2, -0.15) is 0 Å². The average molecular weight is 236 g/mol. The third-order valence-electron chi connectivity index (χ3n) is 2.16. The molecule has 2 atom stereocenters. The second-order valence-electron chi connectivity index (χ2n) is 3.76. The Morgan fingerprint density at radius 2 is 2.07 bits per heavy atom. The standard InChI is InChI=1S/C11H21FO2S/c1-3-4-7-10(11(13)14)15-8-5-6-9(2)12/h9-10H,3-8H2,1-2H3,(H,13,14). The molecule has 0 bridgehead atoms. The highest BCUT2D eigenvalue weighted by Gasteiger charge is 2.16. The lowest BCUT2D eigenvalue weighted by atomic mass is 10.2. The van der Waals surface area contributed by atoms with Gasteiger partial charge in [0.2, 0.25) is 0 Å². The molecule has 1 N–H and O–H groups in total. The number of halogens is 1. The molecular formula is C11H21FO2S. The van der Waals surface area contributed by atoms with E-state index in [0.717, 1.165) is 31.4 Å². The molecule has 0 fully saturated rings. The second kappa shape index (κ2) is 9.01. The van der Waals surface area contributed by atoms with E-state index in [4.69, 9.17) is 5.11 Å². The average Bonchev–Trinajstić information content (AvgIpc) is 2.15. The number of rotatable bonds is 9. The number of thioether (sulfide) groups is 1. The highest BCUT2D eigenvalue weighted by Crippen LogP contribution is 2.19. The lowest BCUT2D eigenvalue weighted by Crippen LogP contribution is -2.16. The Bertz CT molecular complexity index is 174. The van der Waals surface area contributed by atoms with Gasteiger partial charge in [0, 0.05) is 0 Å². The van der Waals surface area contributed by atoms with Gasteiger partial charge in [-0.15, -0.1) is 11.8 Å².